The van der Waals surface area contributed by atoms with Crippen LogP contribution in [0.3, 0.4) is 0 Å². The zero-order valence-electron chi connectivity index (χ0n) is 7.07. The number of hydrogen-bond donors (Lipinski definition) is 3. The van der Waals surface area contributed by atoms with Gasteiger partial charge in [-0.15, -0.1) is 0 Å². The van der Waals surface area contributed by atoms with Crippen molar-refractivity contribution in [3.8, 4) is 0 Å². The van der Waals surface area contributed by atoms with Gasteiger partial charge >= 0.3 is 0 Å². The molecular weight excluding hydrogens is 156 g/mol. The van der Waals surface area contributed by atoms with Gasteiger partial charge in [0.05, 0.1) is 0 Å². The van der Waals surface area contributed by atoms with Gasteiger partial charge in [0.1, 0.15) is 17.5 Å². The number of hydrogen-bond acceptors (Lipinski definition) is 3. The normalized spacial score (nSPS) is 34.9. The molecule has 0 aromatic carbocycles. The highest BCUT2D eigenvalue weighted by Gasteiger charge is 2.36. The topological polar surface area (TPSA) is 60.7 Å². The van der Waals surface area contributed by atoms with Crippen molar-refractivity contribution < 1.29 is 15.3 Å². The molecule has 1 aliphatic carbocycles. The minimum atomic E-state index is -1.28. The molecule has 0 aliphatic heterocycles. The third kappa shape index (κ3) is 1.52. The van der Waals surface area contributed by atoms with Gasteiger partial charge in [-0.3, -0.25) is 0 Å². The smallest absolute Gasteiger partial charge is 0.143 e. The first-order valence-corrected chi connectivity index (χ1v) is 4.09. The van der Waals surface area contributed by atoms with Gasteiger partial charge < -0.3 is 15.3 Å². The molecular formula is C9H14O3. The lowest BCUT2D eigenvalue weighted by Crippen LogP contribution is -2.42. The first-order valence-electron chi connectivity index (χ1n) is 4.09. The fraction of sp³-hybridized carbons (Fsp3) is 0.556. The first-order chi connectivity index (χ1) is 5.60. The molecule has 3 N–H and O–H groups in total. The summed E-state index contributed by atoms with van der Waals surface area (Å²) in [6, 6.07) is 0. The van der Waals surface area contributed by atoms with Gasteiger partial charge in [0.15, 0.2) is 0 Å². The Morgan fingerprint density at radius 2 is 2.25 bits per heavy atom. The van der Waals surface area contributed by atoms with Gasteiger partial charge in [-0.25, -0.2) is 0 Å². The van der Waals surface area contributed by atoms with Crippen molar-refractivity contribution >= 4 is 0 Å². The summed E-state index contributed by atoms with van der Waals surface area (Å²) < 4.78 is 0. The van der Waals surface area contributed by atoms with Crippen molar-refractivity contribution in [2.45, 2.75) is 31.5 Å². The van der Waals surface area contributed by atoms with E-state index in [-0.39, 0.29) is 5.76 Å². The van der Waals surface area contributed by atoms with Crippen LogP contribution in [-0.4, -0.2) is 27.0 Å². The van der Waals surface area contributed by atoms with E-state index in [2.05, 4.69) is 0 Å². The van der Waals surface area contributed by atoms with Gasteiger partial charge in [0, 0.05) is 0 Å². The van der Waals surface area contributed by atoms with Crippen LogP contribution in [0.2, 0.25) is 0 Å². The van der Waals surface area contributed by atoms with Crippen LogP contribution in [0.15, 0.2) is 24.0 Å². The van der Waals surface area contributed by atoms with E-state index in [4.69, 9.17) is 5.11 Å². The van der Waals surface area contributed by atoms with Crippen LogP contribution in [0, 0.1) is 0 Å². The largest absolute Gasteiger partial charge is 0.509 e. The van der Waals surface area contributed by atoms with E-state index in [1.807, 2.05) is 6.92 Å². The van der Waals surface area contributed by atoms with Gasteiger partial charge in [-0.1, -0.05) is 19.4 Å². The van der Waals surface area contributed by atoms with Crippen molar-refractivity contribution in [1.29, 1.82) is 0 Å². The molecule has 0 heterocycles. The molecule has 0 fully saturated rings. The molecule has 0 saturated carbocycles. The minimum Gasteiger partial charge on any atom is -0.509 e. The molecule has 3 nitrogen and oxygen atoms in total. The quantitative estimate of drug-likeness (QED) is 0.576. The van der Waals surface area contributed by atoms with Crippen molar-refractivity contribution in [1.82, 2.24) is 0 Å². The van der Waals surface area contributed by atoms with Gasteiger partial charge in [-0.05, 0) is 18.6 Å². The molecule has 1 aliphatic rings. The average molecular weight is 170 g/mol. The second-order valence-corrected chi connectivity index (χ2v) is 3.09. The zero-order chi connectivity index (χ0) is 9.19. The van der Waals surface area contributed by atoms with E-state index >= 15 is 0 Å². The first kappa shape index (κ1) is 9.29. The number of allylic oxidation sites excluding steroid dienone is 2. The maximum atomic E-state index is 9.77. The molecule has 1 rings (SSSR count). The lowest BCUT2D eigenvalue weighted by Gasteiger charge is -2.31. The van der Waals surface area contributed by atoms with Crippen molar-refractivity contribution in [2.24, 2.45) is 0 Å². The summed E-state index contributed by atoms with van der Waals surface area (Å²) in [6.45, 7) is 1.91. The molecule has 0 spiro atoms. The van der Waals surface area contributed by atoms with Gasteiger partial charge in [-0.2, -0.15) is 0 Å². The van der Waals surface area contributed by atoms with E-state index in [0.717, 1.165) is 6.42 Å². The summed E-state index contributed by atoms with van der Waals surface area (Å²) in [7, 11) is 0. The van der Waals surface area contributed by atoms with E-state index in [1.165, 1.54) is 12.2 Å². The van der Waals surface area contributed by atoms with Crippen LogP contribution in [0.4, 0.5) is 0 Å². The molecule has 12 heavy (non-hydrogen) atoms. The maximum absolute atomic E-state index is 9.77. The Labute approximate surface area is 71.7 Å². The molecule has 2 unspecified atom stereocenters. The van der Waals surface area contributed by atoms with E-state index in [9.17, 15) is 10.2 Å². The van der Waals surface area contributed by atoms with Crippen LogP contribution < -0.4 is 0 Å². The van der Waals surface area contributed by atoms with Crippen molar-refractivity contribution in [2.75, 3.05) is 0 Å². The fourth-order valence-corrected chi connectivity index (χ4v) is 1.37. The van der Waals surface area contributed by atoms with Crippen LogP contribution in [0.1, 0.15) is 19.8 Å². The maximum Gasteiger partial charge on any atom is 0.143 e. The Kier molecular flexibility index (Phi) is 2.55. The summed E-state index contributed by atoms with van der Waals surface area (Å²) in [4.78, 5) is 0. The lowest BCUT2D eigenvalue weighted by molar-refractivity contribution is -0.0450. The molecule has 2 atom stereocenters. The van der Waals surface area contributed by atoms with Crippen LogP contribution in [0.5, 0.6) is 0 Å². The highest BCUT2D eigenvalue weighted by molar-refractivity contribution is 5.25. The molecule has 68 valence electrons. The predicted octanol–water partition coefficient (Wildman–Crippen LogP) is 0.890. The van der Waals surface area contributed by atoms with Crippen LogP contribution >= 0.6 is 0 Å². The van der Waals surface area contributed by atoms with Crippen LogP contribution in [0.25, 0.3) is 0 Å². The van der Waals surface area contributed by atoms with Crippen LogP contribution in [-0.2, 0) is 0 Å². The molecule has 0 saturated heterocycles. The standard InChI is InChI=1S/C9H14O3/c1-2-5-9(12)6-3-4-7(10)8(9)11/h3-4,6,8,10-12H,2,5H2,1H3. The Balaban J connectivity index is 2.80. The lowest BCUT2D eigenvalue weighted by atomic mass is 9.87. The summed E-state index contributed by atoms with van der Waals surface area (Å²) >= 11 is 0. The highest BCUT2D eigenvalue weighted by atomic mass is 16.4. The number of aliphatic hydroxyl groups excluding tert-OH is 2. The Morgan fingerprint density at radius 1 is 1.58 bits per heavy atom. The highest BCUT2D eigenvalue weighted by Crippen LogP contribution is 2.26. The van der Waals surface area contributed by atoms with Gasteiger partial charge in [0.25, 0.3) is 0 Å². The third-order valence-electron chi connectivity index (χ3n) is 2.06. The Hall–Kier alpha value is -0.800. The van der Waals surface area contributed by atoms with Gasteiger partial charge in [0.2, 0.25) is 0 Å². The fourth-order valence-electron chi connectivity index (χ4n) is 1.37. The molecule has 0 aromatic heterocycles. The Morgan fingerprint density at radius 3 is 2.83 bits per heavy atom. The third-order valence-corrected chi connectivity index (χ3v) is 2.06. The number of aliphatic hydroxyl groups is 3. The summed E-state index contributed by atoms with van der Waals surface area (Å²) in [5.41, 5.74) is -1.28. The molecule has 0 bridgehead atoms. The van der Waals surface area contributed by atoms with E-state index < -0.39 is 11.7 Å². The predicted molar refractivity (Wildman–Crippen MR) is 45.7 cm³/mol. The second kappa shape index (κ2) is 3.29. The monoisotopic (exact) mass is 170 g/mol. The summed E-state index contributed by atoms with van der Waals surface area (Å²) in [5, 5.41) is 28.3. The number of rotatable bonds is 2. The van der Waals surface area contributed by atoms with E-state index in [1.54, 1.807) is 6.08 Å². The average Bonchev–Trinajstić information content (AvgIpc) is 2.01. The SMILES string of the molecule is CCCC1(O)C=CC=C(O)C1O. The second-order valence-electron chi connectivity index (χ2n) is 3.09. The molecule has 0 amide bonds. The van der Waals surface area contributed by atoms with E-state index in [0.29, 0.717) is 6.42 Å². The minimum absolute atomic E-state index is 0.173. The van der Waals surface area contributed by atoms with Crippen molar-refractivity contribution in [3.63, 3.8) is 0 Å². The molecule has 3 heteroatoms. The zero-order valence-corrected chi connectivity index (χ0v) is 7.07. The molecule has 0 radical (unpaired) electrons. The summed E-state index contributed by atoms with van der Waals surface area (Å²) in [5.74, 6) is -0.173. The summed E-state index contributed by atoms with van der Waals surface area (Å²) in [6.07, 6.45) is 4.48. The Bertz CT molecular complexity index is 220. The molecule has 0 aromatic rings. The van der Waals surface area contributed by atoms with Crippen molar-refractivity contribution in [3.05, 3.63) is 24.0 Å².